The molecule has 108 valence electrons. The van der Waals surface area contributed by atoms with Gasteiger partial charge in [0.15, 0.2) is 0 Å². The molecule has 1 aromatic carbocycles. The molecule has 4 heteroatoms. The Morgan fingerprint density at radius 3 is 2.50 bits per heavy atom. The first-order valence-corrected chi connectivity index (χ1v) is 7.84. The highest BCUT2D eigenvalue weighted by molar-refractivity contribution is 7.13. The van der Waals surface area contributed by atoms with Crippen LogP contribution in [0.1, 0.15) is 5.56 Å². The van der Waals surface area contributed by atoms with Gasteiger partial charge in [-0.3, -0.25) is 0 Å². The zero-order chi connectivity index (χ0) is 14.4. The lowest BCUT2D eigenvalue weighted by Gasteiger charge is -2.18. The summed E-state index contributed by atoms with van der Waals surface area (Å²) >= 11 is 1.77. The predicted molar refractivity (Wildman–Crippen MR) is 89.2 cm³/mol. The Balaban J connectivity index is 2.26. The highest BCUT2D eigenvalue weighted by atomic mass is 32.1. The molecule has 2 rings (SSSR count). The minimum atomic E-state index is 0.576. The average Bonchev–Trinajstić information content (AvgIpc) is 2.95. The van der Waals surface area contributed by atoms with E-state index in [1.807, 2.05) is 20.2 Å². The van der Waals surface area contributed by atoms with Crippen molar-refractivity contribution in [2.45, 2.75) is 6.42 Å². The van der Waals surface area contributed by atoms with E-state index in [4.69, 9.17) is 5.73 Å². The lowest BCUT2D eigenvalue weighted by atomic mass is 9.94. The van der Waals surface area contributed by atoms with Gasteiger partial charge in [0, 0.05) is 10.6 Å². The zero-order valence-electron chi connectivity index (χ0n) is 12.1. The SMILES string of the molecule is CNCC(CNC)Cc1ccc(N)cc1-c1cccs1. The molecule has 0 saturated heterocycles. The highest BCUT2D eigenvalue weighted by Gasteiger charge is 2.13. The molecule has 0 radical (unpaired) electrons. The molecule has 1 aromatic heterocycles. The van der Waals surface area contributed by atoms with Gasteiger partial charge in [0.25, 0.3) is 0 Å². The molecule has 0 spiro atoms. The third kappa shape index (κ3) is 3.82. The van der Waals surface area contributed by atoms with Gasteiger partial charge in [0.05, 0.1) is 0 Å². The predicted octanol–water partition coefficient (Wildman–Crippen LogP) is 2.59. The lowest BCUT2D eigenvalue weighted by molar-refractivity contribution is 0.474. The largest absolute Gasteiger partial charge is 0.399 e. The molecule has 0 bridgehead atoms. The molecule has 2 aromatic rings. The number of benzene rings is 1. The maximum Gasteiger partial charge on any atom is 0.0346 e. The number of rotatable bonds is 7. The maximum absolute atomic E-state index is 5.96. The number of anilines is 1. The summed E-state index contributed by atoms with van der Waals surface area (Å²) < 4.78 is 0. The number of thiophene rings is 1. The van der Waals surface area contributed by atoms with Crippen molar-refractivity contribution >= 4 is 17.0 Å². The second-order valence-corrected chi connectivity index (χ2v) is 6.03. The van der Waals surface area contributed by atoms with Crippen molar-refractivity contribution in [1.82, 2.24) is 10.6 Å². The molecule has 0 atom stereocenters. The van der Waals surface area contributed by atoms with Crippen LogP contribution < -0.4 is 16.4 Å². The molecule has 0 amide bonds. The molecule has 3 nitrogen and oxygen atoms in total. The molecule has 20 heavy (non-hydrogen) atoms. The van der Waals surface area contributed by atoms with Crippen molar-refractivity contribution in [2.75, 3.05) is 32.9 Å². The Bertz CT molecular complexity index is 517. The Labute approximate surface area is 125 Å². The van der Waals surface area contributed by atoms with Crippen LogP contribution >= 0.6 is 11.3 Å². The average molecular weight is 289 g/mol. The first kappa shape index (κ1) is 15.0. The van der Waals surface area contributed by atoms with Gasteiger partial charge in [0.1, 0.15) is 0 Å². The fraction of sp³-hybridized carbons (Fsp3) is 0.375. The summed E-state index contributed by atoms with van der Waals surface area (Å²) in [4.78, 5) is 1.29. The van der Waals surface area contributed by atoms with Crippen LogP contribution in [0.15, 0.2) is 35.7 Å². The molecule has 4 N–H and O–H groups in total. The van der Waals surface area contributed by atoms with E-state index in [9.17, 15) is 0 Å². The summed E-state index contributed by atoms with van der Waals surface area (Å²) in [5.41, 5.74) is 9.44. The monoisotopic (exact) mass is 289 g/mol. The third-order valence-corrected chi connectivity index (χ3v) is 4.32. The van der Waals surface area contributed by atoms with Crippen LogP contribution in [0.2, 0.25) is 0 Å². The second kappa shape index (κ2) is 7.43. The molecule has 0 aliphatic rings. The van der Waals surface area contributed by atoms with Crippen LogP contribution in [-0.4, -0.2) is 27.2 Å². The van der Waals surface area contributed by atoms with Gasteiger partial charge in [0.2, 0.25) is 0 Å². The van der Waals surface area contributed by atoms with Crippen molar-refractivity contribution in [3.63, 3.8) is 0 Å². The van der Waals surface area contributed by atoms with Gasteiger partial charge in [-0.2, -0.15) is 0 Å². The van der Waals surface area contributed by atoms with Crippen LogP contribution in [-0.2, 0) is 6.42 Å². The summed E-state index contributed by atoms with van der Waals surface area (Å²) in [7, 11) is 4.01. The van der Waals surface area contributed by atoms with Crippen molar-refractivity contribution in [3.05, 3.63) is 41.3 Å². The zero-order valence-corrected chi connectivity index (χ0v) is 13.0. The molecule has 1 heterocycles. The topological polar surface area (TPSA) is 50.1 Å². The first-order valence-electron chi connectivity index (χ1n) is 6.96. The number of nitrogen functional groups attached to an aromatic ring is 1. The Morgan fingerprint density at radius 1 is 1.15 bits per heavy atom. The molecule has 0 aliphatic heterocycles. The molecule has 0 fully saturated rings. The van der Waals surface area contributed by atoms with Crippen LogP contribution in [0.3, 0.4) is 0 Å². The number of hydrogen-bond donors (Lipinski definition) is 3. The van der Waals surface area contributed by atoms with E-state index in [2.05, 4.69) is 40.3 Å². The molecule has 0 unspecified atom stereocenters. The van der Waals surface area contributed by atoms with Crippen LogP contribution in [0.5, 0.6) is 0 Å². The smallest absolute Gasteiger partial charge is 0.0346 e. The van der Waals surface area contributed by atoms with E-state index >= 15 is 0 Å². The van der Waals surface area contributed by atoms with Gasteiger partial charge in [-0.25, -0.2) is 0 Å². The van der Waals surface area contributed by atoms with E-state index in [0.717, 1.165) is 25.2 Å². The van der Waals surface area contributed by atoms with Gasteiger partial charge in [-0.05, 0) is 74.2 Å². The number of hydrogen-bond acceptors (Lipinski definition) is 4. The first-order chi connectivity index (χ1) is 9.74. The Hall–Kier alpha value is -1.36. The van der Waals surface area contributed by atoms with E-state index in [-0.39, 0.29) is 0 Å². The summed E-state index contributed by atoms with van der Waals surface area (Å²) in [6.07, 6.45) is 1.05. The van der Waals surface area contributed by atoms with Gasteiger partial charge >= 0.3 is 0 Å². The van der Waals surface area contributed by atoms with E-state index in [1.54, 1.807) is 11.3 Å². The third-order valence-electron chi connectivity index (χ3n) is 3.41. The van der Waals surface area contributed by atoms with Crippen molar-refractivity contribution < 1.29 is 0 Å². The minimum Gasteiger partial charge on any atom is -0.399 e. The summed E-state index contributed by atoms with van der Waals surface area (Å²) in [6.45, 7) is 2.02. The van der Waals surface area contributed by atoms with Crippen LogP contribution in [0.4, 0.5) is 5.69 Å². The molecule has 0 saturated carbocycles. The molecule has 0 aliphatic carbocycles. The maximum atomic E-state index is 5.96. The normalized spacial score (nSPS) is 11.2. The fourth-order valence-electron chi connectivity index (χ4n) is 2.54. The van der Waals surface area contributed by atoms with Gasteiger partial charge < -0.3 is 16.4 Å². The van der Waals surface area contributed by atoms with Crippen LogP contribution in [0, 0.1) is 5.92 Å². The summed E-state index contributed by atoms with van der Waals surface area (Å²) in [5, 5.41) is 8.66. The summed E-state index contributed by atoms with van der Waals surface area (Å²) in [6, 6.07) is 10.5. The van der Waals surface area contributed by atoms with E-state index in [0.29, 0.717) is 5.92 Å². The van der Waals surface area contributed by atoms with E-state index in [1.165, 1.54) is 16.0 Å². The Morgan fingerprint density at radius 2 is 1.90 bits per heavy atom. The number of nitrogens with one attached hydrogen (secondary N) is 2. The lowest BCUT2D eigenvalue weighted by Crippen LogP contribution is -2.29. The number of nitrogens with two attached hydrogens (primary N) is 1. The minimum absolute atomic E-state index is 0.576. The summed E-state index contributed by atoms with van der Waals surface area (Å²) in [5.74, 6) is 0.576. The van der Waals surface area contributed by atoms with Gasteiger partial charge in [-0.15, -0.1) is 11.3 Å². The highest BCUT2D eigenvalue weighted by Crippen LogP contribution is 2.31. The Kier molecular flexibility index (Phi) is 5.59. The quantitative estimate of drug-likeness (QED) is 0.687. The fourth-order valence-corrected chi connectivity index (χ4v) is 3.32. The van der Waals surface area contributed by atoms with Crippen molar-refractivity contribution in [2.24, 2.45) is 5.92 Å². The van der Waals surface area contributed by atoms with Gasteiger partial charge in [-0.1, -0.05) is 12.1 Å². The van der Waals surface area contributed by atoms with Crippen LogP contribution in [0.25, 0.3) is 10.4 Å². The standard InChI is InChI=1S/C16H23N3S/c1-18-10-12(11-19-2)8-13-5-6-14(17)9-15(13)16-4-3-7-20-16/h3-7,9,12,18-19H,8,10-11,17H2,1-2H3. The second-order valence-electron chi connectivity index (χ2n) is 5.08. The van der Waals surface area contributed by atoms with E-state index < -0.39 is 0 Å². The molecular weight excluding hydrogens is 266 g/mol. The van der Waals surface area contributed by atoms with Crippen molar-refractivity contribution in [3.8, 4) is 10.4 Å². The molecular formula is C16H23N3S. The van der Waals surface area contributed by atoms with Crippen molar-refractivity contribution in [1.29, 1.82) is 0 Å².